The Morgan fingerprint density at radius 2 is 1.94 bits per heavy atom. The third-order valence-electron chi connectivity index (χ3n) is 5.53. The summed E-state index contributed by atoms with van der Waals surface area (Å²) < 4.78 is 3.49. The van der Waals surface area contributed by atoms with Gasteiger partial charge in [0.15, 0.2) is 6.54 Å². The number of benzene rings is 2. The number of aromatic carboxylic acids is 1. The summed E-state index contributed by atoms with van der Waals surface area (Å²) in [6, 6.07) is 20.1. The second-order valence-electron chi connectivity index (χ2n) is 7.41. The molecule has 3 heterocycles. The number of carboxylic acids is 1. The average Bonchev–Trinajstić information content (AvgIpc) is 3.34. The fourth-order valence-electron chi connectivity index (χ4n) is 4.03. The van der Waals surface area contributed by atoms with E-state index in [4.69, 9.17) is 0 Å². The number of rotatable bonds is 6. The molecule has 2 aromatic heterocycles. The molecule has 0 amide bonds. The van der Waals surface area contributed by atoms with E-state index >= 15 is 0 Å². The van der Waals surface area contributed by atoms with Gasteiger partial charge in [-0.25, -0.2) is 4.79 Å². The van der Waals surface area contributed by atoms with E-state index in [1.165, 1.54) is 20.3 Å². The Hall–Kier alpha value is -3.16. The number of thiazole rings is 1. The molecule has 1 N–H and O–H groups in total. The Morgan fingerprint density at radius 3 is 2.78 bits per heavy atom. The van der Waals surface area contributed by atoms with Crippen LogP contribution in [-0.2, 0) is 13.0 Å². The highest BCUT2D eigenvalue weighted by atomic mass is 32.2. The lowest BCUT2D eigenvalue weighted by Gasteiger charge is -2.17. The van der Waals surface area contributed by atoms with Crippen molar-refractivity contribution in [3.63, 3.8) is 0 Å². The molecule has 5 rings (SSSR count). The summed E-state index contributed by atoms with van der Waals surface area (Å²) >= 11 is 3.55. The van der Waals surface area contributed by atoms with Crippen LogP contribution in [0.3, 0.4) is 0 Å². The molecule has 1 aliphatic heterocycles. The first-order chi connectivity index (χ1) is 15.7. The lowest BCUT2D eigenvalue weighted by Crippen LogP contribution is -2.36. The molecule has 5 nitrogen and oxygen atoms in total. The van der Waals surface area contributed by atoms with Crippen molar-refractivity contribution in [3.8, 4) is 0 Å². The molecule has 0 saturated carbocycles. The number of hydrogen-bond donors (Lipinski definition) is 1. The van der Waals surface area contributed by atoms with Gasteiger partial charge < -0.3 is 10.0 Å². The summed E-state index contributed by atoms with van der Waals surface area (Å²) in [7, 11) is 0. The van der Waals surface area contributed by atoms with Crippen molar-refractivity contribution in [1.82, 2.24) is 4.98 Å². The van der Waals surface area contributed by atoms with Gasteiger partial charge >= 0.3 is 5.97 Å². The SMILES string of the molecule is CCN1/C(=C/c2sc3ccccc3[n+]2CCc2ncccc2C(=O)O)Sc2ccccc21. The van der Waals surface area contributed by atoms with Gasteiger partial charge in [0.25, 0.3) is 5.01 Å². The highest BCUT2D eigenvalue weighted by Gasteiger charge is 2.27. The van der Waals surface area contributed by atoms with Crippen molar-refractivity contribution in [2.45, 2.75) is 24.8 Å². The van der Waals surface area contributed by atoms with Crippen LogP contribution in [0.2, 0.25) is 0 Å². The number of aryl methyl sites for hydroxylation is 2. The summed E-state index contributed by atoms with van der Waals surface area (Å²) in [6.45, 7) is 3.73. The summed E-state index contributed by atoms with van der Waals surface area (Å²) in [5.74, 6) is -0.936. The molecule has 0 spiro atoms. The maximum absolute atomic E-state index is 11.6. The molecule has 2 aromatic carbocycles. The van der Waals surface area contributed by atoms with Crippen LogP contribution in [0.1, 0.15) is 28.0 Å². The van der Waals surface area contributed by atoms with E-state index in [2.05, 4.69) is 69.9 Å². The highest BCUT2D eigenvalue weighted by Crippen LogP contribution is 2.46. The zero-order valence-electron chi connectivity index (χ0n) is 17.6. The number of pyridine rings is 1. The van der Waals surface area contributed by atoms with Gasteiger partial charge in [0.05, 0.1) is 34.5 Å². The third-order valence-corrected chi connectivity index (χ3v) is 7.75. The molecule has 0 unspecified atom stereocenters. The second-order valence-corrected chi connectivity index (χ2v) is 9.53. The van der Waals surface area contributed by atoms with Crippen LogP contribution in [0.4, 0.5) is 5.69 Å². The van der Waals surface area contributed by atoms with Gasteiger partial charge in [-0.15, -0.1) is 0 Å². The van der Waals surface area contributed by atoms with Gasteiger partial charge in [0.1, 0.15) is 4.70 Å². The Kier molecular flexibility index (Phi) is 5.68. The fraction of sp³-hybridized carbons (Fsp3) is 0.160. The van der Waals surface area contributed by atoms with Crippen LogP contribution >= 0.6 is 23.1 Å². The van der Waals surface area contributed by atoms with Crippen LogP contribution in [0.5, 0.6) is 0 Å². The predicted molar refractivity (Wildman–Crippen MR) is 130 cm³/mol. The maximum atomic E-state index is 11.6. The zero-order valence-corrected chi connectivity index (χ0v) is 19.2. The molecule has 0 aliphatic carbocycles. The first kappa shape index (κ1) is 20.7. The van der Waals surface area contributed by atoms with E-state index < -0.39 is 5.97 Å². The van der Waals surface area contributed by atoms with E-state index in [1.54, 1.807) is 41.4 Å². The number of aromatic nitrogens is 2. The zero-order chi connectivity index (χ0) is 22.1. The minimum absolute atomic E-state index is 0.270. The summed E-state index contributed by atoms with van der Waals surface area (Å²) in [5, 5.41) is 11.9. The topological polar surface area (TPSA) is 57.3 Å². The quantitative estimate of drug-likeness (QED) is 0.388. The number of hydrogen-bond acceptors (Lipinski definition) is 5. The molecule has 0 atom stereocenters. The molecule has 4 aromatic rings. The van der Waals surface area contributed by atoms with Gasteiger partial charge in [0.2, 0.25) is 5.52 Å². The molecule has 0 saturated heterocycles. The van der Waals surface area contributed by atoms with Crippen molar-refractivity contribution in [2.24, 2.45) is 0 Å². The molecular formula is C25H22N3O2S2+. The second kappa shape index (κ2) is 8.76. The summed E-state index contributed by atoms with van der Waals surface area (Å²) in [6.07, 6.45) is 4.47. The molecule has 0 radical (unpaired) electrons. The third kappa shape index (κ3) is 3.78. The fourth-order valence-corrected chi connectivity index (χ4v) is 6.40. The Labute approximate surface area is 194 Å². The van der Waals surface area contributed by atoms with Gasteiger partial charge in [-0.2, -0.15) is 4.57 Å². The number of nitrogens with zero attached hydrogens (tertiary/aromatic N) is 3. The van der Waals surface area contributed by atoms with Crippen LogP contribution in [-0.4, -0.2) is 22.6 Å². The van der Waals surface area contributed by atoms with Crippen molar-refractivity contribution in [2.75, 3.05) is 11.4 Å². The average molecular weight is 461 g/mol. The number of carboxylic acid groups (broad SMARTS) is 1. The van der Waals surface area contributed by atoms with E-state index in [-0.39, 0.29) is 5.56 Å². The van der Waals surface area contributed by atoms with Gasteiger partial charge in [-0.05, 0) is 37.3 Å². The molecule has 7 heteroatoms. The van der Waals surface area contributed by atoms with E-state index in [9.17, 15) is 9.90 Å². The minimum atomic E-state index is -0.936. The van der Waals surface area contributed by atoms with Crippen molar-refractivity contribution in [3.05, 3.63) is 88.2 Å². The number of thioether (sulfide) groups is 1. The van der Waals surface area contributed by atoms with E-state index in [0.717, 1.165) is 17.1 Å². The number of anilines is 1. The molecule has 160 valence electrons. The Morgan fingerprint density at radius 1 is 1.12 bits per heavy atom. The first-order valence-corrected chi connectivity index (χ1v) is 12.1. The van der Waals surface area contributed by atoms with Crippen molar-refractivity contribution < 1.29 is 14.5 Å². The predicted octanol–water partition coefficient (Wildman–Crippen LogP) is 5.46. The lowest BCUT2D eigenvalue weighted by atomic mass is 10.1. The lowest BCUT2D eigenvalue weighted by molar-refractivity contribution is -0.668. The number of para-hydroxylation sites is 2. The van der Waals surface area contributed by atoms with Gasteiger partial charge in [0, 0.05) is 23.7 Å². The summed E-state index contributed by atoms with van der Waals surface area (Å²) in [4.78, 5) is 19.6. The standard InChI is InChI=1S/C25H21N3O2S2/c1-2-27-19-9-3-5-11-21(19)31-23(27)16-24-28(20-10-4-6-12-22(20)32-24)15-13-18-17(25(29)30)8-7-14-26-18/h3-12,14,16H,2,13,15H2,1H3/p+1. The summed E-state index contributed by atoms with van der Waals surface area (Å²) in [5.41, 5.74) is 3.28. The van der Waals surface area contributed by atoms with Gasteiger partial charge in [-0.3, -0.25) is 4.98 Å². The van der Waals surface area contributed by atoms with E-state index in [1.807, 2.05) is 6.07 Å². The molecular weight excluding hydrogens is 438 g/mol. The van der Waals surface area contributed by atoms with Crippen molar-refractivity contribution in [1.29, 1.82) is 0 Å². The van der Waals surface area contributed by atoms with Crippen LogP contribution in [0.15, 0.2) is 76.8 Å². The number of carbonyl (C=O) groups is 1. The first-order valence-electron chi connectivity index (χ1n) is 10.5. The minimum Gasteiger partial charge on any atom is -0.478 e. The highest BCUT2D eigenvalue weighted by molar-refractivity contribution is 8.03. The number of fused-ring (bicyclic) bond motifs is 2. The molecule has 1 aliphatic rings. The molecule has 32 heavy (non-hydrogen) atoms. The Balaban J connectivity index is 1.53. The molecule has 0 bridgehead atoms. The smallest absolute Gasteiger partial charge is 0.337 e. The van der Waals surface area contributed by atoms with Crippen LogP contribution in [0, 0.1) is 0 Å². The van der Waals surface area contributed by atoms with E-state index in [0.29, 0.717) is 18.7 Å². The van der Waals surface area contributed by atoms with Crippen molar-refractivity contribution >= 4 is 51.0 Å². The molecule has 0 fully saturated rings. The van der Waals surface area contributed by atoms with Crippen LogP contribution < -0.4 is 9.47 Å². The van der Waals surface area contributed by atoms with Crippen LogP contribution in [0.25, 0.3) is 16.3 Å². The van der Waals surface area contributed by atoms with Gasteiger partial charge in [-0.1, -0.05) is 47.4 Å². The maximum Gasteiger partial charge on any atom is 0.337 e. The monoisotopic (exact) mass is 460 g/mol. The largest absolute Gasteiger partial charge is 0.478 e. The Bertz CT molecular complexity index is 1350. The normalized spacial score (nSPS) is 14.3.